The lowest BCUT2D eigenvalue weighted by Gasteiger charge is -2.27. The first-order chi connectivity index (χ1) is 7.81. The molecule has 0 amide bonds. The van der Waals surface area contributed by atoms with Crippen LogP contribution < -0.4 is 11.1 Å². The van der Waals surface area contributed by atoms with Gasteiger partial charge in [0.05, 0.1) is 6.04 Å². The molecule has 0 radical (unpaired) electrons. The highest BCUT2D eigenvalue weighted by Crippen LogP contribution is 2.30. The monoisotopic (exact) mass is 302 g/mol. The molecular weight excluding hydrogens is 284 g/mol. The van der Waals surface area contributed by atoms with Crippen LogP contribution in [-0.2, 0) is 0 Å². The van der Waals surface area contributed by atoms with Crippen LogP contribution in [0, 0.1) is 0 Å². The quantitative estimate of drug-likeness (QED) is 0.894. The van der Waals surface area contributed by atoms with E-state index in [0.717, 1.165) is 0 Å². The van der Waals surface area contributed by atoms with Crippen LogP contribution in [0.1, 0.15) is 43.0 Å². The van der Waals surface area contributed by atoms with E-state index in [1.54, 1.807) is 11.3 Å². The molecule has 0 aliphatic heterocycles. The molecule has 1 aromatic rings. The van der Waals surface area contributed by atoms with Gasteiger partial charge < -0.3 is 11.1 Å². The second-order valence-corrected chi connectivity index (χ2v) is 6.22. The average molecular weight is 303 g/mol. The van der Waals surface area contributed by atoms with Crippen molar-refractivity contribution in [2.24, 2.45) is 5.73 Å². The largest absolute Gasteiger partial charge is 0.329 e. The lowest BCUT2D eigenvalue weighted by Crippen LogP contribution is -2.37. The zero-order valence-electron chi connectivity index (χ0n) is 9.42. The van der Waals surface area contributed by atoms with Gasteiger partial charge in [-0.25, -0.2) is 0 Å². The smallest absolute Gasteiger partial charge is 0.0552 e. The zero-order valence-corrected chi connectivity index (χ0v) is 11.8. The Morgan fingerprint density at radius 2 is 2.19 bits per heavy atom. The first kappa shape index (κ1) is 12.6. The third-order valence-electron chi connectivity index (χ3n) is 3.24. The van der Waals surface area contributed by atoms with Gasteiger partial charge >= 0.3 is 0 Å². The van der Waals surface area contributed by atoms with Gasteiger partial charge in [-0.3, -0.25) is 0 Å². The summed E-state index contributed by atoms with van der Waals surface area (Å²) in [5.74, 6) is 0. The fourth-order valence-electron chi connectivity index (χ4n) is 2.36. The molecule has 1 unspecified atom stereocenters. The highest BCUT2D eigenvalue weighted by atomic mass is 79.9. The SMILES string of the molecule is NCC(NC1CCCCC1)c1sccc1Br. The minimum absolute atomic E-state index is 0.317. The van der Waals surface area contributed by atoms with Crippen LogP contribution in [0.3, 0.4) is 0 Å². The van der Waals surface area contributed by atoms with Crippen LogP contribution in [0.5, 0.6) is 0 Å². The normalized spacial score (nSPS) is 19.9. The third-order valence-corrected chi connectivity index (χ3v) is 5.22. The van der Waals surface area contributed by atoms with Crippen LogP contribution in [-0.4, -0.2) is 12.6 Å². The Morgan fingerprint density at radius 1 is 1.44 bits per heavy atom. The van der Waals surface area contributed by atoms with Crippen molar-refractivity contribution in [1.82, 2.24) is 5.32 Å². The first-order valence-electron chi connectivity index (χ1n) is 6.00. The predicted octanol–water partition coefficient (Wildman–Crippen LogP) is 3.43. The van der Waals surface area contributed by atoms with Crippen molar-refractivity contribution in [2.45, 2.75) is 44.2 Å². The van der Waals surface area contributed by atoms with E-state index < -0.39 is 0 Å². The lowest BCUT2D eigenvalue weighted by atomic mass is 9.95. The van der Waals surface area contributed by atoms with Crippen molar-refractivity contribution in [1.29, 1.82) is 0 Å². The van der Waals surface area contributed by atoms with E-state index in [-0.39, 0.29) is 0 Å². The molecule has 0 aromatic carbocycles. The standard InChI is InChI=1S/C12H19BrN2S/c13-10-6-7-16-12(10)11(8-14)15-9-4-2-1-3-5-9/h6-7,9,11,15H,1-5,8,14H2. The number of nitrogens with one attached hydrogen (secondary N) is 1. The second kappa shape index (κ2) is 6.15. The number of hydrogen-bond acceptors (Lipinski definition) is 3. The van der Waals surface area contributed by atoms with Gasteiger partial charge in [0.25, 0.3) is 0 Å². The summed E-state index contributed by atoms with van der Waals surface area (Å²) in [5, 5.41) is 5.82. The number of halogens is 1. The predicted molar refractivity (Wildman–Crippen MR) is 73.8 cm³/mol. The third kappa shape index (κ3) is 3.06. The molecule has 1 saturated carbocycles. The number of thiophene rings is 1. The Balaban J connectivity index is 1.97. The Kier molecular flexibility index (Phi) is 4.82. The summed E-state index contributed by atoms with van der Waals surface area (Å²) >= 11 is 5.37. The van der Waals surface area contributed by atoms with Gasteiger partial charge in [0.1, 0.15) is 0 Å². The molecule has 1 aliphatic rings. The van der Waals surface area contributed by atoms with E-state index in [1.807, 2.05) is 0 Å². The molecule has 1 atom stereocenters. The maximum atomic E-state index is 5.87. The molecule has 1 aliphatic carbocycles. The van der Waals surface area contributed by atoms with Crippen molar-refractivity contribution in [3.05, 3.63) is 20.8 Å². The fraction of sp³-hybridized carbons (Fsp3) is 0.667. The van der Waals surface area contributed by atoms with E-state index in [1.165, 1.54) is 41.5 Å². The molecule has 16 heavy (non-hydrogen) atoms. The Labute approximate surface area is 110 Å². The Hall–Kier alpha value is 0.100. The maximum Gasteiger partial charge on any atom is 0.0552 e. The van der Waals surface area contributed by atoms with Gasteiger partial charge in [-0.1, -0.05) is 19.3 Å². The topological polar surface area (TPSA) is 38.0 Å². The number of rotatable bonds is 4. The maximum absolute atomic E-state index is 5.87. The van der Waals surface area contributed by atoms with Gasteiger partial charge in [0, 0.05) is 21.9 Å². The Bertz CT molecular complexity index is 321. The fourth-order valence-corrected chi connectivity index (χ4v) is 4.08. The van der Waals surface area contributed by atoms with Crippen molar-refractivity contribution in [3.8, 4) is 0 Å². The molecular formula is C12H19BrN2S. The summed E-state index contributed by atoms with van der Waals surface area (Å²) in [6, 6.07) is 3.08. The average Bonchev–Trinajstić information content (AvgIpc) is 2.74. The van der Waals surface area contributed by atoms with Crippen LogP contribution in [0.4, 0.5) is 0 Å². The summed E-state index contributed by atoms with van der Waals surface area (Å²) in [6.07, 6.45) is 6.73. The van der Waals surface area contributed by atoms with Crippen molar-refractivity contribution in [3.63, 3.8) is 0 Å². The van der Waals surface area contributed by atoms with Crippen molar-refractivity contribution >= 4 is 27.3 Å². The van der Waals surface area contributed by atoms with E-state index in [9.17, 15) is 0 Å². The molecule has 2 nitrogen and oxygen atoms in total. The molecule has 4 heteroatoms. The van der Waals surface area contributed by atoms with Crippen LogP contribution in [0.2, 0.25) is 0 Å². The molecule has 1 aromatic heterocycles. The van der Waals surface area contributed by atoms with E-state index in [0.29, 0.717) is 18.6 Å². The highest BCUT2D eigenvalue weighted by molar-refractivity contribution is 9.10. The summed E-state index contributed by atoms with van der Waals surface area (Å²) < 4.78 is 1.19. The Morgan fingerprint density at radius 3 is 2.75 bits per heavy atom. The number of nitrogens with two attached hydrogens (primary N) is 1. The lowest BCUT2D eigenvalue weighted by molar-refractivity contribution is 0.342. The van der Waals surface area contributed by atoms with Crippen LogP contribution in [0.15, 0.2) is 15.9 Å². The zero-order chi connectivity index (χ0) is 11.4. The molecule has 0 spiro atoms. The second-order valence-electron chi connectivity index (χ2n) is 4.42. The molecule has 1 heterocycles. The molecule has 3 N–H and O–H groups in total. The summed E-state index contributed by atoms with van der Waals surface area (Å²) in [6.45, 7) is 0.676. The number of hydrogen-bond donors (Lipinski definition) is 2. The van der Waals surface area contributed by atoms with Crippen LogP contribution >= 0.6 is 27.3 Å². The van der Waals surface area contributed by atoms with Crippen molar-refractivity contribution < 1.29 is 0 Å². The molecule has 0 saturated heterocycles. The van der Waals surface area contributed by atoms with E-state index in [4.69, 9.17) is 5.73 Å². The van der Waals surface area contributed by atoms with E-state index in [2.05, 4.69) is 32.7 Å². The summed E-state index contributed by atoms with van der Waals surface area (Å²) in [4.78, 5) is 1.34. The van der Waals surface area contributed by atoms with E-state index >= 15 is 0 Å². The van der Waals surface area contributed by atoms with Gasteiger partial charge in [-0.05, 0) is 40.2 Å². The minimum atomic E-state index is 0.317. The summed E-state index contributed by atoms with van der Waals surface area (Å²) in [7, 11) is 0. The summed E-state index contributed by atoms with van der Waals surface area (Å²) in [5.41, 5.74) is 5.87. The van der Waals surface area contributed by atoms with Gasteiger partial charge in [0.2, 0.25) is 0 Å². The van der Waals surface area contributed by atoms with Gasteiger partial charge in [-0.2, -0.15) is 0 Å². The molecule has 90 valence electrons. The molecule has 0 bridgehead atoms. The highest BCUT2D eigenvalue weighted by Gasteiger charge is 2.20. The van der Waals surface area contributed by atoms with Gasteiger partial charge in [-0.15, -0.1) is 11.3 Å². The minimum Gasteiger partial charge on any atom is -0.329 e. The van der Waals surface area contributed by atoms with Crippen molar-refractivity contribution in [2.75, 3.05) is 6.54 Å². The molecule has 1 fully saturated rings. The van der Waals surface area contributed by atoms with Gasteiger partial charge in [0.15, 0.2) is 0 Å². The van der Waals surface area contributed by atoms with Crippen LogP contribution in [0.25, 0.3) is 0 Å². The first-order valence-corrected chi connectivity index (χ1v) is 7.67. The molecule has 2 rings (SSSR count).